The molecule has 0 radical (unpaired) electrons. The van der Waals surface area contributed by atoms with Crippen LogP contribution in [-0.2, 0) is 16.4 Å². The highest BCUT2D eigenvalue weighted by Gasteiger charge is 2.27. The van der Waals surface area contributed by atoms with Crippen LogP contribution in [0.25, 0.3) is 15.9 Å². The van der Waals surface area contributed by atoms with Gasteiger partial charge in [0.15, 0.2) is 5.65 Å². The normalized spacial score (nSPS) is 12.0. The molecule has 4 aromatic heterocycles. The summed E-state index contributed by atoms with van der Waals surface area (Å²) in [6.45, 7) is 2.51. The van der Waals surface area contributed by atoms with E-state index < -0.39 is 9.84 Å². The van der Waals surface area contributed by atoms with Gasteiger partial charge in [-0.05, 0) is 41.9 Å². The topological polar surface area (TPSA) is 89.2 Å². The molecule has 0 saturated heterocycles. The molecule has 0 saturated carbocycles. The van der Waals surface area contributed by atoms with Crippen LogP contribution in [0.4, 0.5) is 5.82 Å². The monoisotopic (exact) mass is 441 g/mol. The first-order chi connectivity index (χ1) is 14.0. The van der Waals surface area contributed by atoms with Crippen molar-refractivity contribution in [3.63, 3.8) is 0 Å². The summed E-state index contributed by atoms with van der Waals surface area (Å²) in [6, 6.07) is 12.6. The molecule has 0 aliphatic rings. The minimum atomic E-state index is -3.84. The first kappa shape index (κ1) is 18.2. The van der Waals surface area contributed by atoms with E-state index in [0.717, 1.165) is 20.7 Å². The molecule has 1 N–H and O–H groups in total. The molecular weight excluding hydrogens is 426 g/mol. The average Bonchev–Trinajstić information content (AvgIpc) is 3.45. The van der Waals surface area contributed by atoms with Gasteiger partial charge in [-0.3, -0.25) is 0 Å². The fourth-order valence-electron chi connectivity index (χ4n) is 3.03. The van der Waals surface area contributed by atoms with Crippen molar-refractivity contribution in [3.8, 4) is 0 Å². The van der Waals surface area contributed by atoms with Crippen molar-refractivity contribution < 1.29 is 8.42 Å². The molecule has 0 amide bonds. The predicted molar refractivity (Wildman–Crippen MR) is 114 cm³/mol. The molecule has 146 valence electrons. The molecule has 29 heavy (non-hydrogen) atoms. The minimum absolute atomic E-state index is 0.145. The number of thiophene rings is 2. The molecule has 0 spiro atoms. The first-order valence-electron chi connectivity index (χ1n) is 8.75. The van der Waals surface area contributed by atoms with Crippen LogP contribution in [0.3, 0.4) is 0 Å². The number of benzene rings is 1. The summed E-state index contributed by atoms with van der Waals surface area (Å²) in [4.78, 5) is 5.94. The first-order valence-corrected chi connectivity index (χ1v) is 12.0. The molecule has 1 aromatic carbocycles. The molecular formula is C19H15N5O2S3. The SMILES string of the molecule is Cc1ccc(S(=O)(=O)c2nnn3c2nc(NCc2cccs2)c2sccc23)cc1. The molecule has 4 heterocycles. The average molecular weight is 442 g/mol. The fourth-order valence-corrected chi connectivity index (χ4v) is 5.75. The Labute approximate surface area is 174 Å². The molecule has 0 aliphatic carbocycles. The van der Waals surface area contributed by atoms with Crippen LogP contribution >= 0.6 is 22.7 Å². The second-order valence-electron chi connectivity index (χ2n) is 6.47. The summed E-state index contributed by atoms with van der Waals surface area (Å²) >= 11 is 3.17. The zero-order valence-electron chi connectivity index (χ0n) is 15.2. The van der Waals surface area contributed by atoms with Crippen LogP contribution in [0.15, 0.2) is 63.1 Å². The largest absolute Gasteiger partial charge is 0.364 e. The zero-order valence-corrected chi connectivity index (χ0v) is 17.7. The lowest BCUT2D eigenvalue weighted by Crippen LogP contribution is -2.06. The maximum Gasteiger partial charge on any atom is 0.229 e. The number of nitrogens with one attached hydrogen (secondary N) is 1. The fraction of sp³-hybridized carbons (Fsp3) is 0.105. The Hall–Kier alpha value is -2.82. The maximum absolute atomic E-state index is 13.2. The summed E-state index contributed by atoms with van der Waals surface area (Å²) in [6.07, 6.45) is 0. The lowest BCUT2D eigenvalue weighted by atomic mass is 10.2. The Kier molecular flexibility index (Phi) is 4.34. The van der Waals surface area contributed by atoms with Crippen molar-refractivity contribution >= 4 is 54.2 Å². The molecule has 0 unspecified atom stereocenters. The second kappa shape index (κ2) is 6.90. The van der Waals surface area contributed by atoms with Crippen molar-refractivity contribution in [2.24, 2.45) is 0 Å². The van der Waals surface area contributed by atoms with Crippen molar-refractivity contribution in [1.82, 2.24) is 19.8 Å². The predicted octanol–water partition coefficient (Wildman–Crippen LogP) is 4.15. The van der Waals surface area contributed by atoms with Crippen LogP contribution in [-0.4, -0.2) is 28.2 Å². The number of anilines is 1. The summed E-state index contributed by atoms with van der Waals surface area (Å²) < 4.78 is 28.7. The Morgan fingerprint density at radius 3 is 2.66 bits per heavy atom. The van der Waals surface area contributed by atoms with Crippen molar-refractivity contribution in [2.45, 2.75) is 23.4 Å². The minimum Gasteiger partial charge on any atom is -0.364 e. The van der Waals surface area contributed by atoms with Crippen LogP contribution in [0.5, 0.6) is 0 Å². The van der Waals surface area contributed by atoms with Gasteiger partial charge in [-0.2, -0.15) is 4.52 Å². The Morgan fingerprint density at radius 2 is 1.90 bits per heavy atom. The van der Waals surface area contributed by atoms with Crippen molar-refractivity contribution in [3.05, 3.63) is 63.7 Å². The van der Waals surface area contributed by atoms with Crippen LogP contribution in [0.1, 0.15) is 10.4 Å². The number of fused-ring (bicyclic) bond motifs is 3. The van der Waals surface area contributed by atoms with E-state index in [9.17, 15) is 8.42 Å². The third-order valence-electron chi connectivity index (χ3n) is 4.52. The number of sulfone groups is 1. The van der Waals surface area contributed by atoms with E-state index in [-0.39, 0.29) is 15.6 Å². The molecule has 7 nitrogen and oxygen atoms in total. The number of aromatic nitrogens is 4. The Bertz CT molecular complexity index is 1420. The number of rotatable bonds is 5. The van der Waals surface area contributed by atoms with Gasteiger partial charge < -0.3 is 5.32 Å². The van der Waals surface area contributed by atoms with Gasteiger partial charge in [0.25, 0.3) is 0 Å². The highest BCUT2D eigenvalue weighted by molar-refractivity contribution is 7.91. The number of hydrogen-bond donors (Lipinski definition) is 1. The van der Waals surface area contributed by atoms with Crippen LogP contribution in [0.2, 0.25) is 0 Å². The van der Waals surface area contributed by atoms with Crippen molar-refractivity contribution in [1.29, 1.82) is 0 Å². The van der Waals surface area contributed by atoms with Gasteiger partial charge in [0.1, 0.15) is 5.82 Å². The second-order valence-corrected chi connectivity index (χ2v) is 10.3. The van der Waals surface area contributed by atoms with Gasteiger partial charge in [-0.15, -0.1) is 27.8 Å². The van der Waals surface area contributed by atoms with Gasteiger partial charge >= 0.3 is 0 Å². The van der Waals surface area contributed by atoms with Gasteiger partial charge in [0.05, 0.1) is 21.7 Å². The van der Waals surface area contributed by atoms with Gasteiger partial charge in [0, 0.05) is 4.88 Å². The van der Waals surface area contributed by atoms with Crippen LogP contribution in [0, 0.1) is 6.92 Å². The summed E-state index contributed by atoms with van der Waals surface area (Å²) in [5.41, 5.74) is 1.96. The highest BCUT2D eigenvalue weighted by atomic mass is 32.2. The third-order valence-corrected chi connectivity index (χ3v) is 7.97. The lowest BCUT2D eigenvalue weighted by molar-refractivity contribution is 0.592. The summed E-state index contributed by atoms with van der Waals surface area (Å²) in [7, 11) is -3.84. The summed E-state index contributed by atoms with van der Waals surface area (Å²) in [5.74, 6) is 0.624. The molecule has 5 rings (SSSR count). The van der Waals surface area contributed by atoms with Gasteiger partial charge in [0.2, 0.25) is 14.9 Å². The molecule has 0 aliphatic heterocycles. The van der Waals surface area contributed by atoms with Gasteiger partial charge in [-0.1, -0.05) is 29.0 Å². The van der Waals surface area contributed by atoms with E-state index in [4.69, 9.17) is 0 Å². The van der Waals surface area contributed by atoms with Crippen LogP contribution < -0.4 is 5.32 Å². The van der Waals surface area contributed by atoms with Crippen molar-refractivity contribution in [2.75, 3.05) is 5.32 Å². The molecule has 10 heteroatoms. The molecule has 5 aromatic rings. The van der Waals surface area contributed by atoms with E-state index >= 15 is 0 Å². The quantitative estimate of drug-likeness (QED) is 0.441. The van der Waals surface area contributed by atoms with E-state index in [0.29, 0.717) is 12.4 Å². The van der Waals surface area contributed by atoms with Gasteiger partial charge in [-0.25, -0.2) is 13.4 Å². The Morgan fingerprint density at radius 1 is 1.07 bits per heavy atom. The van der Waals surface area contributed by atoms with E-state index in [1.165, 1.54) is 15.9 Å². The standard InChI is InChI=1S/C19H15N5O2S3/c1-12-4-6-14(7-5-12)29(25,26)19-18-21-17(20-11-13-3-2-9-27-13)16-15(8-10-28-16)24(18)23-22-19/h2-10H,11H2,1H3,(H,20,21). The smallest absolute Gasteiger partial charge is 0.229 e. The zero-order chi connectivity index (χ0) is 20.0. The molecule has 0 fully saturated rings. The summed E-state index contributed by atoms with van der Waals surface area (Å²) in [5, 5.41) is 15.2. The third kappa shape index (κ3) is 3.09. The maximum atomic E-state index is 13.2. The highest BCUT2D eigenvalue weighted by Crippen LogP contribution is 2.31. The van der Waals surface area contributed by atoms with E-state index in [1.54, 1.807) is 35.6 Å². The Balaban J connectivity index is 1.66. The lowest BCUT2D eigenvalue weighted by Gasteiger charge is -2.07. The number of aryl methyl sites for hydroxylation is 1. The van der Waals surface area contributed by atoms with E-state index in [1.807, 2.05) is 35.9 Å². The molecule has 0 atom stereocenters. The number of nitrogens with zero attached hydrogens (tertiary/aromatic N) is 4. The van der Waals surface area contributed by atoms with E-state index in [2.05, 4.69) is 20.6 Å². The number of hydrogen-bond acceptors (Lipinski definition) is 8. The molecule has 0 bridgehead atoms.